The van der Waals surface area contributed by atoms with E-state index >= 15 is 0 Å². The molecule has 4 heterocycles. The van der Waals surface area contributed by atoms with Gasteiger partial charge < -0.3 is 4.90 Å². The Morgan fingerprint density at radius 1 is 1.10 bits per heavy atom. The van der Waals surface area contributed by atoms with Gasteiger partial charge in [0.2, 0.25) is 0 Å². The number of anilines is 1. The van der Waals surface area contributed by atoms with Crippen molar-refractivity contribution >= 4 is 23.0 Å². The first-order chi connectivity index (χ1) is 14.2. The van der Waals surface area contributed by atoms with Crippen LogP contribution in [0.5, 0.6) is 0 Å². The molecule has 1 aromatic rings. The van der Waals surface area contributed by atoms with Gasteiger partial charge in [-0.1, -0.05) is 0 Å². The molecular weight excluding hydrogens is 398 g/mol. The molecule has 5 nitrogen and oxygen atoms in total. The SMILES string of the molecule is CC1=CN2C(=NC1C)C(N1CCN3CCCC3C1)=Nc1cc(F)c(C(F)(F)F)cc12. The molecule has 2 unspecified atom stereocenters. The number of piperazine rings is 1. The Hall–Kier alpha value is -2.42. The largest absolute Gasteiger partial charge is 0.419 e. The van der Waals surface area contributed by atoms with Crippen molar-refractivity contribution in [2.45, 2.75) is 44.9 Å². The van der Waals surface area contributed by atoms with Gasteiger partial charge in [0.05, 0.1) is 23.0 Å². The van der Waals surface area contributed by atoms with Crippen molar-refractivity contribution in [2.75, 3.05) is 31.1 Å². The number of aliphatic imine (C=N–C) groups is 2. The van der Waals surface area contributed by atoms with Gasteiger partial charge in [-0.05, 0) is 44.9 Å². The first-order valence-electron chi connectivity index (χ1n) is 10.3. The van der Waals surface area contributed by atoms with Crippen LogP contribution < -0.4 is 4.90 Å². The van der Waals surface area contributed by atoms with Crippen LogP contribution in [0.4, 0.5) is 28.9 Å². The van der Waals surface area contributed by atoms with Crippen LogP contribution >= 0.6 is 0 Å². The maximum atomic E-state index is 14.3. The van der Waals surface area contributed by atoms with Gasteiger partial charge in [-0.15, -0.1) is 0 Å². The number of rotatable bonds is 0. The molecule has 4 aliphatic heterocycles. The van der Waals surface area contributed by atoms with E-state index in [1.165, 1.54) is 6.42 Å². The Morgan fingerprint density at radius 2 is 1.90 bits per heavy atom. The van der Waals surface area contributed by atoms with Crippen molar-refractivity contribution in [3.63, 3.8) is 0 Å². The summed E-state index contributed by atoms with van der Waals surface area (Å²) in [5, 5.41) is 0. The lowest BCUT2D eigenvalue weighted by atomic mass is 10.0. The molecule has 0 radical (unpaired) electrons. The predicted octanol–water partition coefficient (Wildman–Crippen LogP) is 4.18. The van der Waals surface area contributed by atoms with Gasteiger partial charge in [0.25, 0.3) is 0 Å². The number of amidine groups is 2. The Morgan fingerprint density at radius 3 is 2.67 bits per heavy atom. The average molecular weight is 421 g/mol. The zero-order valence-electron chi connectivity index (χ0n) is 16.9. The van der Waals surface area contributed by atoms with E-state index < -0.39 is 17.6 Å². The smallest absolute Gasteiger partial charge is 0.351 e. The predicted molar refractivity (Wildman–Crippen MR) is 108 cm³/mol. The molecule has 0 aromatic heterocycles. The Bertz CT molecular complexity index is 980. The lowest BCUT2D eigenvalue weighted by molar-refractivity contribution is -0.139. The summed E-state index contributed by atoms with van der Waals surface area (Å²) in [5.74, 6) is -0.160. The van der Waals surface area contributed by atoms with Crippen LogP contribution in [0.25, 0.3) is 0 Å². The molecule has 1 aromatic carbocycles. The minimum Gasteiger partial charge on any atom is -0.351 e. The quantitative estimate of drug-likeness (QED) is 0.590. The van der Waals surface area contributed by atoms with E-state index in [9.17, 15) is 17.6 Å². The summed E-state index contributed by atoms with van der Waals surface area (Å²) < 4.78 is 54.3. The molecule has 0 bridgehead atoms. The third-order valence-corrected chi connectivity index (χ3v) is 6.48. The third kappa shape index (κ3) is 3.10. The number of halogens is 4. The first kappa shape index (κ1) is 19.5. The van der Waals surface area contributed by atoms with E-state index in [2.05, 4.69) is 14.8 Å². The van der Waals surface area contributed by atoms with Crippen LogP contribution in [0.3, 0.4) is 0 Å². The summed E-state index contributed by atoms with van der Waals surface area (Å²) in [7, 11) is 0. The fourth-order valence-corrected chi connectivity index (χ4v) is 4.68. The number of nitrogens with zero attached hydrogens (tertiary/aromatic N) is 5. The van der Waals surface area contributed by atoms with E-state index in [1.807, 2.05) is 13.8 Å². The van der Waals surface area contributed by atoms with E-state index in [1.54, 1.807) is 11.1 Å². The van der Waals surface area contributed by atoms with Crippen molar-refractivity contribution in [1.82, 2.24) is 9.80 Å². The summed E-state index contributed by atoms with van der Waals surface area (Å²) in [5.41, 5.74) is 0.0341. The van der Waals surface area contributed by atoms with Crippen molar-refractivity contribution in [3.05, 3.63) is 35.3 Å². The molecule has 2 saturated heterocycles. The van der Waals surface area contributed by atoms with Crippen LogP contribution in [0.2, 0.25) is 0 Å². The summed E-state index contributed by atoms with van der Waals surface area (Å²) in [6.07, 6.45) is -0.688. The highest BCUT2D eigenvalue weighted by Gasteiger charge is 2.40. The van der Waals surface area contributed by atoms with Crippen molar-refractivity contribution in [2.24, 2.45) is 9.98 Å². The highest BCUT2D eigenvalue weighted by molar-refractivity contribution is 6.48. The summed E-state index contributed by atoms with van der Waals surface area (Å²) in [6, 6.07) is 2.08. The molecule has 2 atom stereocenters. The molecule has 5 rings (SSSR count). The minimum absolute atomic E-state index is 0.0988. The third-order valence-electron chi connectivity index (χ3n) is 6.48. The molecule has 9 heteroatoms. The summed E-state index contributed by atoms with van der Waals surface area (Å²) in [6.45, 7) is 7.41. The summed E-state index contributed by atoms with van der Waals surface area (Å²) >= 11 is 0. The number of hydrogen-bond donors (Lipinski definition) is 0. The molecule has 0 N–H and O–H groups in total. The van der Waals surface area contributed by atoms with Crippen LogP contribution in [-0.2, 0) is 6.18 Å². The first-order valence-corrected chi connectivity index (χ1v) is 10.3. The molecule has 0 spiro atoms. The Kier molecular flexibility index (Phi) is 4.43. The fourth-order valence-electron chi connectivity index (χ4n) is 4.68. The zero-order valence-corrected chi connectivity index (χ0v) is 16.9. The number of alkyl halides is 3. The maximum absolute atomic E-state index is 14.3. The minimum atomic E-state index is -4.78. The molecule has 160 valence electrons. The van der Waals surface area contributed by atoms with Crippen LogP contribution in [0.15, 0.2) is 33.9 Å². The molecule has 0 amide bonds. The number of fused-ring (bicyclic) bond motifs is 4. The van der Waals surface area contributed by atoms with Crippen LogP contribution in [-0.4, -0.2) is 59.7 Å². The van der Waals surface area contributed by atoms with Gasteiger partial charge in [0.15, 0.2) is 11.7 Å². The van der Waals surface area contributed by atoms with Gasteiger partial charge in [-0.3, -0.25) is 14.8 Å². The van der Waals surface area contributed by atoms with E-state index in [0.717, 1.165) is 50.3 Å². The Balaban J connectivity index is 1.62. The molecule has 30 heavy (non-hydrogen) atoms. The molecule has 4 aliphatic rings. The normalized spacial score (nSPS) is 26.5. The van der Waals surface area contributed by atoms with Gasteiger partial charge >= 0.3 is 6.18 Å². The van der Waals surface area contributed by atoms with Crippen molar-refractivity contribution < 1.29 is 17.6 Å². The second kappa shape index (κ2) is 6.80. The molecule has 0 aliphatic carbocycles. The molecule has 2 fully saturated rings. The van der Waals surface area contributed by atoms with Crippen LogP contribution in [0.1, 0.15) is 32.3 Å². The monoisotopic (exact) mass is 421 g/mol. The van der Waals surface area contributed by atoms with E-state index in [-0.39, 0.29) is 17.4 Å². The standard InChI is InChI=1S/C21H23F4N5/c1-12-10-30-18-8-15(21(23,24)25)16(22)9-17(18)27-19(20(30)26-13(12)2)29-7-6-28-5-3-4-14(28)11-29/h8-10,13-14H,3-7,11H2,1-2H3. The number of hydrogen-bond acceptors (Lipinski definition) is 5. The van der Waals surface area contributed by atoms with Gasteiger partial charge in [-0.2, -0.15) is 13.2 Å². The molecule has 0 saturated carbocycles. The lowest BCUT2D eigenvalue weighted by Crippen LogP contribution is -2.56. The van der Waals surface area contributed by atoms with Gasteiger partial charge in [-0.25, -0.2) is 9.38 Å². The van der Waals surface area contributed by atoms with Crippen LogP contribution in [0, 0.1) is 5.82 Å². The topological polar surface area (TPSA) is 34.4 Å². The summed E-state index contributed by atoms with van der Waals surface area (Å²) in [4.78, 5) is 15.6. The Labute approximate surface area is 172 Å². The second-order valence-electron chi connectivity index (χ2n) is 8.40. The van der Waals surface area contributed by atoms with E-state index in [0.29, 0.717) is 17.7 Å². The van der Waals surface area contributed by atoms with Gasteiger partial charge in [0.1, 0.15) is 5.82 Å². The highest BCUT2D eigenvalue weighted by Crippen LogP contribution is 2.42. The van der Waals surface area contributed by atoms with Gasteiger partial charge in [0, 0.05) is 37.9 Å². The maximum Gasteiger partial charge on any atom is 0.419 e. The van der Waals surface area contributed by atoms with E-state index in [4.69, 9.17) is 4.99 Å². The van der Waals surface area contributed by atoms with Crippen molar-refractivity contribution in [3.8, 4) is 0 Å². The molecular formula is C21H23F4N5. The zero-order chi connectivity index (χ0) is 21.2. The highest BCUT2D eigenvalue weighted by atomic mass is 19.4. The average Bonchev–Trinajstić information content (AvgIpc) is 3.15. The fraction of sp³-hybridized carbons (Fsp3) is 0.524. The second-order valence-corrected chi connectivity index (χ2v) is 8.40. The number of benzene rings is 1. The lowest BCUT2D eigenvalue weighted by Gasteiger charge is -2.42. The van der Waals surface area contributed by atoms with Crippen molar-refractivity contribution in [1.29, 1.82) is 0 Å².